The van der Waals surface area contributed by atoms with Crippen LogP contribution in [0.3, 0.4) is 0 Å². The predicted octanol–water partition coefficient (Wildman–Crippen LogP) is 1.65. The van der Waals surface area contributed by atoms with Gasteiger partial charge in [0.2, 0.25) is 0 Å². The standard InChI is InChI=1S/C13H17NO3/c1-9(15)13(14(2)3)10-4-5-11-12(8-10)17-7-6-16-11/h4-5,8,13H,6-7H2,1-3H3. The summed E-state index contributed by atoms with van der Waals surface area (Å²) in [6.07, 6.45) is 0. The molecule has 0 saturated heterocycles. The van der Waals surface area contributed by atoms with Crippen molar-refractivity contribution in [3.05, 3.63) is 23.8 Å². The number of hydrogen-bond acceptors (Lipinski definition) is 4. The summed E-state index contributed by atoms with van der Waals surface area (Å²) < 4.78 is 11.0. The average molecular weight is 235 g/mol. The van der Waals surface area contributed by atoms with Gasteiger partial charge in [-0.25, -0.2) is 0 Å². The predicted molar refractivity (Wildman–Crippen MR) is 64.5 cm³/mol. The summed E-state index contributed by atoms with van der Waals surface area (Å²) in [6.45, 7) is 2.74. The van der Waals surface area contributed by atoms with Gasteiger partial charge in [0, 0.05) is 0 Å². The van der Waals surface area contributed by atoms with Crippen LogP contribution < -0.4 is 9.47 Å². The number of carbonyl (C=O) groups excluding carboxylic acids is 1. The number of Topliss-reactive ketones (excluding diaryl/α,β-unsaturated/α-hetero) is 1. The van der Waals surface area contributed by atoms with E-state index in [9.17, 15) is 4.79 Å². The van der Waals surface area contributed by atoms with Crippen molar-refractivity contribution in [3.8, 4) is 11.5 Å². The number of ketones is 1. The number of ether oxygens (including phenoxy) is 2. The monoisotopic (exact) mass is 235 g/mol. The maximum atomic E-state index is 11.6. The molecule has 0 N–H and O–H groups in total. The third kappa shape index (κ3) is 2.42. The Balaban J connectivity index is 2.35. The van der Waals surface area contributed by atoms with Crippen LogP contribution in [0.4, 0.5) is 0 Å². The van der Waals surface area contributed by atoms with E-state index in [1.165, 1.54) is 0 Å². The van der Waals surface area contributed by atoms with Crippen LogP contribution in [0.1, 0.15) is 18.5 Å². The molecular weight excluding hydrogens is 218 g/mol. The highest BCUT2D eigenvalue weighted by molar-refractivity contribution is 5.83. The van der Waals surface area contributed by atoms with E-state index < -0.39 is 0 Å². The largest absolute Gasteiger partial charge is 0.486 e. The molecule has 0 aliphatic carbocycles. The first-order valence-electron chi connectivity index (χ1n) is 5.66. The van der Waals surface area contributed by atoms with Gasteiger partial charge in [-0.1, -0.05) is 6.07 Å². The summed E-state index contributed by atoms with van der Waals surface area (Å²) in [5.74, 6) is 1.59. The maximum Gasteiger partial charge on any atom is 0.161 e. The van der Waals surface area contributed by atoms with Crippen LogP contribution in [0.2, 0.25) is 0 Å². The molecule has 0 bridgehead atoms. The average Bonchev–Trinajstić information content (AvgIpc) is 2.28. The van der Waals surface area contributed by atoms with Crippen LogP contribution in [0, 0.1) is 0 Å². The summed E-state index contributed by atoms with van der Waals surface area (Å²) in [7, 11) is 3.78. The fourth-order valence-electron chi connectivity index (χ4n) is 2.13. The van der Waals surface area contributed by atoms with Crippen molar-refractivity contribution in [2.45, 2.75) is 13.0 Å². The number of likely N-dealkylation sites (N-methyl/N-ethyl adjacent to an activating group) is 1. The van der Waals surface area contributed by atoms with E-state index in [1.807, 2.05) is 37.2 Å². The molecule has 1 aromatic carbocycles. The van der Waals surface area contributed by atoms with Crippen LogP contribution in [0.25, 0.3) is 0 Å². The number of hydrogen-bond donors (Lipinski definition) is 0. The number of carbonyl (C=O) groups is 1. The molecule has 4 nitrogen and oxygen atoms in total. The Morgan fingerprint density at radius 3 is 2.47 bits per heavy atom. The maximum absolute atomic E-state index is 11.6. The van der Waals surface area contributed by atoms with Gasteiger partial charge in [0.15, 0.2) is 17.3 Å². The van der Waals surface area contributed by atoms with Gasteiger partial charge in [-0.3, -0.25) is 9.69 Å². The summed E-state index contributed by atoms with van der Waals surface area (Å²) in [4.78, 5) is 13.5. The molecule has 0 spiro atoms. The molecule has 1 heterocycles. The van der Waals surface area contributed by atoms with Gasteiger partial charge in [-0.05, 0) is 38.7 Å². The molecule has 0 radical (unpaired) electrons. The second kappa shape index (κ2) is 4.75. The van der Waals surface area contributed by atoms with E-state index in [4.69, 9.17) is 9.47 Å². The highest BCUT2D eigenvalue weighted by Crippen LogP contribution is 2.33. The first kappa shape index (κ1) is 11.9. The van der Waals surface area contributed by atoms with Gasteiger partial charge in [0.05, 0.1) is 6.04 Å². The molecule has 92 valence electrons. The van der Waals surface area contributed by atoms with E-state index in [0.717, 1.165) is 17.1 Å². The summed E-state index contributed by atoms with van der Waals surface area (Å²) in [5.41, 5.74) is 0.937. The van der Waals surface area contributed by atoms with Gasteiger partial charge in [-0.2, -0.15) is 0 Å². The van der Waals surface area contributed by atoms with E-state index in [-0.39, 0.29) is 11.8 Å². The van der Waals surface area contributed by atoms with Crippen LogP contribution in [0.5, 0.6) is 11.5 Å². The lowest BCUT2D eigenvalue weighted by Gasteiger charge is -2.24. The summed E-state index contributed by atoms with van der Waals surface area (Å²) in [5, 5.41) is 0. The topological polar surface area (TPSA) is 38.8 Å². The smallest absolute Gasteiger partial charge is 0.161 e. The molecule has 1 aliphatic heterocycles. The minimum absolute atomic E-state index is 0.117. The Hall–Kier alpha value is -1.55. The van der Waals surface area contributed by atoms with Crippen molar-refractivity contribution in [1.82, 2.24) is 4.90 Å². The lowest BCUT2D eigenvalue weighted by Crippen LogP contribution is -2.26. The van der Waals surface area contributed by atoms with Gasteiger partial charge in [-0.15, -0.1) is 0 Å². The van der Waals surface area contributed by atoms with Crippen molar-refractivity contribution in [2.75, 3.05) is 27.3 Å². The Morgan fingerprint density at radius 1 is 1.24 bits per heavy atom. The molecule has 4 heteroatoms. The fourth-order valence-corrected chi connectivity index (χ4v) is 2.13. The second-order valence-corrected chi connectivity index (χ2v) is 4.38. The molecule has 17 heavy (non-hydrogen) atoms. The second-order valence-electron chi connectivity index (χ2n) is 4.38. The molecule has 0 fully saturated rings. The number of fused-ring (bicyclic) bond motifs is 1. The fraction of sp³-hybridized carbons (Fsp3) is 0.462. The number of nitrogens with zero attached hydrogens (tertiary/aromatic N) is 1. The molecule has 2 rings (SSSR count). The van der Waals surface area contributed by atoms with E-state index >= 15 is 0 Å². The third-order valence-corrected chi connectivity index (χ3v) is 2.78. The zero-order chi connectivity index (χ0) is 12.4. The Bertz CT molecular complexity index is 429. The van der Waals surface area contributed by atoms with E-state index in [0.29, 0.717) is 13.2 Å². The van der Waals surface area contributed by atoms with Crippen molar-refractivity contribution >= 4 is 5.78 Å². The highest BCUT2D eigenvalue weighted by atomic mass is 16.6. The van der Waals surface area contributed by atoms with Gasteiger partial charge in [0.25, 0.3) is 0 Å². The minimum atomic E-state index is -0.231. The molecular formula is C13H17NO3. The van der Waals surface area contributed by atoms with Crippen LogP contribution in [-0.2, 0) is 4.79 Å². The number of benzene rings is 1. The van der Waals surface area contributed by atoms with Gasteiger partial charge < -0.3 is 9.47 Å². The Kier molecular flexibility index (Phi) is 3.33. The van der Waals surface area contributed by atoms with E-state index in [2.05, 4.69) is 0 Å². The molecule has 1 aromatic rings. The summed E-state index contributed by atoms with van der Waals surface area (Å²) >= 11 is 0. The normalized spacial score (nSPS) is 15.8. The van der Waals surface area contributed by atoms with Crippen molar-refractivity contribution in [1.29, 1.82) is 0 Å². The SMILES string of the molecule is CC(=O)C(c1ccc2c(c1)OCCO2)N(C)C. The van der Waals surface area contributed by atoms with Crippen LogP contribution >= 0.6 is 0 Å². The minimum Gasteiger partial charge on any atom is -0.486 e. The molecule has 0 saturated carbocycles. The van der Waals surface area contributed by atoms with Crippen molar-refractivity contribution < 1.29 is 14.3 Å². The Morgan fingerprint density at radius 2 is 1.88 bits per heavy atom. The lowest BCUT2D eigenvalue weighted by molar-refractivity contribution is -0.121. The van der Waals surface area contributed by atoms with E-state index in [1.54, 1.807) is 6.92 Å². The third-order valence-electron chi connectivity index (χ3n) is 2.78. The van der Waals surface area contributed by atoms with Crippen LogP contribution in [0.15, 0.2) is 18.2 Å². The van der Waals surface area contributed by atoms with Gasteiger partial charge >= 0.3 is 0 Å². The quantitative estimate of drug-likeness (QED) is 0.798. The first-order valence-corrected chi connectivity index (χ1v) is 5.66. The zero-order valence-corrected chi connectivity index (χ0v) is 10.4. The first-order chi connectivity index (χ1) is 8.09. The molecule has 1 unspecified atom stereocenters. The summed E-state index contributed by atoms with van der Waals surface area (Å²) in [6, 6.07) is 5.44. The molecule has 0 amide bonds. The molecule has 0 aromatic heterocycles. The Labute approximate surface area is 101 Å². The highest BCUT2D eigenvalue weighted by Gasteiger charge is 2.21. The molecule has 1 aliphatic rings. The zero-order valence-electron chi connectivity index (χ0n) is 10.4. The molecule has 1 atom stereocenters. The number of rotatable bonds is 3. The van der Waals surface area contributed by atoms with Gasteiger partial charge in [0.1, 0.15) is 13.2 Å². The van der Waals surface area contributed by atoms with Crippen molar-refractivity contribution in [2.24, 2.45) is 0 Å². The van der Waals surface area contributed by atoms with Crippen LogP contribution in [-0.4, -0.2) is 38.0 Å². The van der Waals surface area contributed by atoms with Crippen molar-refractivity contribution in [3.63, 3.8) is 0 Å². The lowest BCUT2D eigenvalue weighted by atomic mass is 10.0.